The molecule has 2 aliphatic heterocycles. The van der Waals surface area contributed by atoms with Gasteiger partial charge in [-0.05, 0) is 49.5 Å². The second kappa shape index (κ2) is 12.1. The minimum atomic E-state index is 0.174. The van der Waals surface area contributed by atoms with Crippen molar-refractivity contribution in [2.75, 3.05) is 46.3 Å². The molecule has 2 N–H and O–H groups in total. The first-order chi connectivity index (χ1) is 15.0. The van der Waals surface area contributed by atoms with Crippen LogP contribution in [0.25, 0.3) is 0 Å². The number of carbonyl (C=O) groups is 1. The number of nitrogens with zero attached hydrogens (tertiary/aromatic N) is 3. The molecule has 6 heteroatoms. The summed E-state index contributed by atoms with van der Waals surface area (Å²) in [7, 11) is 1.78. The van der Waals surface area contributed by atoms with Gasteiger partial charge in [0.2, 0.25) is 5.91 Å². The van der Waals surface area contributed by atoms with Crippen molar-refractivity contribution in [2.24, 2.45) is 16.8 Å². The van der Waals surface area contributed by atoms with E-state index in [4.69, 9.17) is 0 Å². The lowest BCUT2D eigenvalue weighted by Crippen LogP contribution is -2.51. The van der Waals surface area contributed by atoms with E-state index < -0.39 is 0 Å². The Morgan fingerprint density at radius 1 is 1.06 bits per heavy atom. The maximum Gasteiger partial charge on any atom is 0.241 e. The van der Waals surface area contributed by atoms with Crippen molar-refractivity contribution in [3.63, 3.8) is 0 Å². The van der Waals surface area contributed by atoms with Crippen LogP contribution in [0, 0.1) is 11.8 Å². The molecule has 1 amide bonds. The third-order valence-electron chi connectivity index (χ3n) is 6.52. The van der Waals surface area contributed by atoms with Gasteiger partial charge >= 0.3 is 0 Å². The summed E-state index contributed by atoms with van der Waals surface area (Å²) in [5, 5.41) is 6.76. The predicted octanol–water partition coefficient (Wildman–Crippen LogP) is 2.75. The van der Waals surface area contributed by atoms with E-state index in [9.17, 15) is 4.79 Å². The fourth-order valence-corrected chi connectivity index (χ4v) is 4.77. The van der Waals surface area contributed by atoms with E-state index in [0.717, 1.165) is 64.2 Å². The number of nitrogens with one attached hydrogen (secondary N) is 2. The van der Waals surface area contributed by atoms with Crippen molar-refractivity contribution in [3.8, 4) is 0 Å². The Kier molecular flexibility index (Phi) is 9.19. The van der Waals surface area contributed by atoms with Gasteiger partial charge in [0, 0.05) is 45.8 Å². The van der Waals surface area contributed by atoms with Crippen molar-refractivity contribution in [1.29, 1.82) is 0 Å². The smallest absolute Gasteiger partial charge is 0.241 e. The summed E-state index contributed by atoms with van der Waals surface area (Å²) in [4.78, 5) is 21.6. The van der Waals surface area contributed by atoms with Gasteiger partial charge in [0.25, 0.3) is 0 Å². The second-order valence-electron chi connectivity index (χ2n) is 9.55. The van der Waals surface area contributed by atoms with Crippen LogP contribution in [-0.4, -0.2) is 74.0 Å². The minimum absolute atomic E-state index is 0.174. The Bertz CT molecular complexity index is 689. The summed E-state index contributed by atoms with van der Waals surface area (Å²) >= 11 is 0. The topological polar surface area (TPSA) is 60.0 Å². The molecule has 2 aliphatic rings. The van der Waals surface area contributed by atoms with Gasteiger partial charge < -0.3 is 20.4 Å². The number of rotatable bonds is 7. The number of carbonyl (C=O) groups excluding carboxylic acids is 1. The Labute approximate surface area is 188 Å². The minimum Gasteiger partial charge on any atom is -0.354 e. The number of hydrogen-bond donors (Lipinski definition) is 2. The maximum absolute atomic E-state index is 12.7. The van der Waals surface area contributed by atoms with Crippen molar-refractivity contribution >= 4 is 11.9 Å². The van der Waals surface area contributed by atoms with Crippen LogP contribution in [0.2, 0.25) is 0 Å². The molecule has 0 aromatic heterocycles. The highest BCUT2D eigenvalue weighted by atomic mass is 16.2. The summed E-state index contributed by atoms with van der Waals surface area (Å²) in [6.45, 7) is 10.0. The summed E-state index contributed by atoms with van der Waals surface area (Å²) < 4.78 is 0. The number of benzene rings is 1. The monoisotopic (exact) mass is 427 g/mol. The van der Waals surface area contributed by atoms with Gasteiger partial charge in [-0.3, -0.25) is 9.79 Å². The fourth-order valence-electron chi connectivity index (χ4n) is 4.77. The summed E-state index contributed by atoms with van der Waals surface area (Å²) in [5.41, 5.74) is 1.40. The first kappa shape index (κ1) is 23.6. The quantitative estimate of drug-likeness (QED) is 0.519. The number of hydrogen-bond acceptors (Lipinski definition) is 3. The SMILES string of the molecule is CN=C(NCC(=O)N1CCC(Cc2ccccc2)CC1)NC1CCN(CC(C)C)CC1. The molecule has 0 spiro atoms. The van der Waals surface area contributed by atoms with Crippen LogP contribution in [0.1, 0.15) is 45.1 Å². The Morgan fingerprint density at radius 3 is 2.35 bits per heavy atom. The molecule has 6 nitrogen and oxygen atoms in total. The number of likely N-dealkylation sites (tertiary alicyclic amines) is 2. The van der Waals surface area contributed by atoms with Crippen LogP contribution in [-0.2, 0) is 11.2 Å². The Hall–Kier alpha value is -2.08. The van der Waals surface area contributed by atoms with Gasteiger partial charge in [0.1, 0.15) is 0 Å². The van der Waals surface area contributed by atoms with Gasteiger partial charge in [-0.25, -0.2) is 0 Å². The standard InChI is InChI=1S/C25H41N5O/c1-20(2)19-29-13-11-23(12-14-29)28-25(26-3)27-18-24(31)30-15-9-22(10-16-30)17-21-7-5-4-6-8-21/h4-8,20,22-23H,9-19H2,1-3H3,(H2,26,27,28). The zero-order valence-corrected chi connectivity index (χ0v) is 19.6. The molecule has 0 saturated carbocycles. The van der Waals surface area contributed by atoms with E-state index in [1.165, 1.54) is 12.1 Å². The van der Waals surface area contributed by atoms with Crippen molar-refractivity contribution in [3.05, 3.63) is 35.9 Å². The molecule has 0 aliphatic carbocycles. The highest BCUT2D eigenvalue weighted by Gasteiger charge is 2.24. The van der Waals surface area contributed by atoms with E-state index in [0.29, 0.717) is 24.4 Å². The first-order valence-corrected chi connectivity index (χ1v) is 12.0. The molecule has 0 radical (unpaired) electrons. The fraction of sp³-hybridized carbons (Fsp3) is 0.680. The molecule has 2 heterocycles. The third-order valence-corrected chi connectivity index (χ3v) is 6.52. The summed E-state index contributed by atoms with van der Waals surface area (Å²) in [5.74, 6) is 2.31. The van der Waals surface area contributed by atoms with Crippen LogP contribution in [0.15, 0.2) is 35.3 Å². The molecule has 2 saturated heterocycles. The molecule has 1 aromatic rings. The van der Waals surface area contributed by atoms with Gasteiger partial charge in [0.05, 0.1) is 6.54 Å². The molecular formula is C25H41N5O. The highest BCUT2D eigenvalue weighted by molar-refractivity contribution is 5.86. The maximum atomic E-state index is 12.7. The van der Waals surface area contributed by atoms with E-state index >= 15 is 0 Å². The van der Waals surface area contributed by atoms with E-state index in [2.05, 4.69) is 64.7 Å². The predicted molar refractivity (Wildman–Crippen MR) is 128 cm³/mol. The number of guanidine groups is 1. The van der Waals surface area contributed by atoms with Crippen LogP contribution < -0.4 is 10.6 Å². The lowest BCUT2D eigenvalue weighted by atomic mass is 9.90. The van der Waals surface area contributed by atoms with Crippen LogP contribution in [0.3, 0.4) is 0 Å². The third kappa shape index (κ3) is 7.84. The summed E-state index contributed by atoms with van der Waals surface area (Å²) in [6.07, 6.45) is 5.53. The van der Waals surface area contributed by atoms with Crippen molar-refractivity contribution in [1.82, 2.24) is 20.4 Å². The molecule has 172 valence electrons. The molecular weight excluding hydrogens is 386 g/mol. The van der Waals surface area contributed by atoms with E-state index in [1.54, 1.807) is 7.05 Å². The van der Waals surface area contributed by atoms with Gasteiger partial charge in [-0.15, -0.1) is 0 Å². The number of piperidine rings is 2. The molecule has 2 fully saturated rings. The second-order valence-corrected chi connectivity index (χ2v) is 9.55. The van der Waals surface area contributed by atoms with Gasteiger partial charge in [0.15, 0.2) is 5.96 Å². The van der Waals surface area contributed by atoms with Crippen LogP contribution >= 0.6 is 0 Å². The van der Waals surface area contributed by atoms with Crippen molar-refractivity contribution < 1.29 is 4.79 Å². The molecule has 0 atom stereocenters. The zero-order chi connectivity index (χ0) is 22.1. The average Bonchev–Trinajstić information content (AvgIpc) is 2.78. The average molecular weight is 428 g/mol. The highest BCUT2D eigenvalue weighted by Crippen LogP contribution is 2.21. The molecule has 0 bridgehead atoms. The van der Waals surface area contributed by atoms with E-state index in [1.807, 2.05) is 4.90 Å². The van der Waals surface area contributed by atoms with Crippen molar-refractivity contribution in [2.45, 2.75) is 52.0 Å². The van der Waals surface area contributed by atoms with Gasteiger partial charge in [-0.2, -0.15) is 0 Å². The first-order valence-electron chi connectivity index (χ1n) is 12.0. The van der Waals surface area contributed by atoms with Crippen LogP contribution in [0.4, 0.5) is 0 Å². The molecule has 3 rings (SSSR count). The Balaban J connectivity index is 1.34. The summed E-state index contributed by atoms with van der Waals surface area (Å²) in [6, 6.07) is 11.1. The molecule has 0 unspecified atom stereocenters. The largest absolute Gasteiger partial charge is 0.354 e. The van der Waals surface area contributed by atoms with Gasteiger partial charge in [-0.1, -0.05) is 44.2 Å². The zero-order valence-electron chi connectivity index (χ0n) is 19.6. The van der Waals surface area contributed by atoms with Crippen LogP contribution in [0.5, 0.6) is 0 Å². The number of aliphatic imine (C=N–C) groups is 1. The lowest BCUT2D eigenvalue weighted by molar-refractivity contribution is -0.131. The normalized spacial score (nSPS) is 19.6. The van der Waals surface area contributed by atoms with E-state index in [-0.39, 0.29) is 5.91 Å². The number of amides is 1. The lowest BCUT2D eigenvalue weighted by Gasteiger charge is -2.34. The molecule has 31 heavy (non-hydrogen) atoms. The Morgan fingerprint density at radius 2 is 1.74 bits per heavy atom. The molecule has 1 aromatic carbocycles.